The quantitative estimate of drug-likeness (QED) is 0.568. The Morgan fingerprint density at radius 1 is 1.00 bits per heavy atom. The van der Waals surface area contributed by atoms with Crippen molar-refractivity contribution in [1.82, 2.24) is 8.61 Å². The molecule has 0 spiro atoms. The molecule has 0 N–H and O–H groups in total. The van der Waals surface area contributed by atoms with E-state index in [-0.39, 0.29) is 29.0 Å². The number of hydrogen-bond acceptors (Lipinski definition) is 7. The fourth-order valence-electron chi connectivity index (χ4n) is 3.71. The molecule has 0 unspecified atom stereocenters. The van der Waals surface area contributed by atoms with E-state index in [1.807, 2.05) is 17.5 Å². The molecule has 170 valence electrons. The minimum atomic E-state index is -3.82. The highest BCUT2D eigenvalue weighted by atomic mass is 32.2. The van der Waals surface area contributed by atoms with Crippen molar-refractivity contribution in [2.75, 3.05) is 39.5 Å². The third-order valence-electron chi connectivity index (χ3n) is 5.41. The molecule has 4 rings (SSSR count). The van der Waals surface area contributed by atoms with Crippen LogP contribution in [0.5, 0.6) is 0 Å². The lowest BCUT2D eigenvalue weighted by Gasteiger charge is -2.26. The number of sulfonamides is 2. The molecule has 31 heavy (non-hydrogen) atoms. The summed E-state index contributed by atoms with van der Waals surface area (Å²) >= 11 is 1.50. The summed E-state index contributed by atoms with van der Waals surface area (Å²) in [5.41, 5.74) is 0. The first kappa shape index (κ1) is 22.8. The molecule has 2 aliphatic heterocycles. The highest BCUT2D eigenvalue weighted by Gasteiger charge is 2.31. The van der Waals surface area contributed by atoms with Crippen LogP contribution in [0, 0.1) is 0 Å². The number of morpholine rings is 1. The fourth-order valence-corrected chi connectivity index (χ4v) is 7.37. The summed E-state index contributed by atoms with van der Waals surface area (Å²) in [6.07, 6.45) is 1.62. The lowest BCUT2D eigenvalue weighted by Crippen LogP contribution is -2.40. The Hall–Kier alpha value is -1.34. The standard InChI is InChI=1S/C20H26N2O6S3/c23-30(24,21-9-12-27-13-10-21)19-5-7-20(8-6-19)31(25,26)22(15-17-3-1-11-28-17)16-18-4-2-14-29-18/h2,4-8,14,17H,1,3,9-13,15-16H2/t17-/m0/s1. The lowest BCUT2D eigenvalue weighted by molar-refractivity contribution is 0.0730. The van der Waals surface area contributed by atoms with Gasteiger partial charge in [-0.05, 0) is 48.6 Å². The van der Waals surface area contributed by atoms with E-state index in [9.17, 15) is 16.8 Å². The molecule has 3 heterocycles. The van der Waals surface area contributed by atoms with Crippen LogP contribution in [0.2, 0.25) is 0 Å². The van der Waals surface area contributed by atoms with Crippen LogP contribution in [0.15, 0.2) is 51.6 Å². The summed E-state index contributed by atoms with van der Waals surface area (Å²) in [6.45, 7) is 2.46. The maximum Gasteiger partial charge on any atom is 0.243 e. The van der Waals surface area contributed by atoms with E-state index in [0.29, 0.717) is 32.9 Å². The number of nitrogens with zero attached hydrogens (tertiary/aromatic N) is 2. The second kappa shape index (κ2) is 9.65. The van der Waals surface area contributed by atoms with Gasteiger partial charge in [-0.1, -0.05) is 6.07 Å². The van der Waals surface area contributed by atoms with Crippen LogP contribution in [0.1, 0.15) is 17.7 Å². The molecule has 0 aliphatic carbocycles. The molecule has 11 heteroatoms. The van der Waals surface area contributed by atoms with Crippen molar-refractivity contribution in [3.05, 3.63) is 46.7 Å². The second-order valence-electron chi connectivity index (χ2n) is 7.50. The van der Waals surface area contributed by atoms with Gasteiger partial charge in [0.25, 0.3) is 0 Å². The smallest absolute Gasteiger partial charge is 0.243 e. The predicted octanol–water partition coefficient (Wildman–Crippen LogP) is 2.14. The minimum absolute atomic E-state index is 0.0722. The van der Waals surface area contributed by atoms with Crippen LogP contribution in [-0.2, 0) is 36.1 Å². The molecule has 2 saturated heterocycles. The average Bonchev–Trinajstić information content (AvgIpc) is 3.48. The Kier molecular flexibility index (Phi) is 7.11. The van der Waals surface area contributed by atoms with Gasteiger partial charge in [0.1, 0.15) is 0 Å². The number of rotatable bonds is 8. The van der Waals surface area contributed by atoms with Crippen LogP contribution in [-0.4, -0.2) is 71.0 Å². The Balaban J connectivity index is 1.57. The largest absolute Gasteiger partial charge is 0.379 e. The zero-order chi connectivity index (χ0) is 21.9. The Morgan fingerprint density at radius 2 is 1.71 bits per heavy atom. The van der Waals surface area contributed by atoms with Gasteiger partial charge >= 0.3 is 0 Å². The van der Waals surface area contributed by atoms with E-state index >= 15 is 0 Å². The predicted molar refractivity (Wildman–Crippen MR) is 117 cm³/mol. The molecule has 8 nitrogen and oxygen atoms in total. The number of thiophene rings is 1. The van der Waals surface area contributed by atoms with Gasteiger partial charge in [-0.2, -0.15) is 8.61 Å². The highest BCUT2D eigenvalue weighted by molar-refractivity contribution is 7.89. The SMILES string of the molecule is O=S(=O)(c1ccc(S(=O)(=O)N(Cc2cccs2)C[C@@H]2CCCO2)cc1)N1CCOCC1. The van der Waals surface area contributed by atoms with Gasteiger partial charge in [-0.25, -0.2) is 16.8 Å². The molecule has 0 amide bonds. The molecule has 0 radical (unpaired) electrons. The second-order valence-corrected chi connectivity index (χ2v) is 12.4. The lowest BCUT2D eigenvalue weighted by atomic mass is 10.2. The monoisotopic (exact) mass is 486 g/mol. The normalized spacial score (nSPS) is 21.0. The third-order valence-corrected chi connectivity index (χ3v) is 10.0. The number of ether oxygens (including phenoxy) is 2. The average molecular weight is 487 g/mol. The molecule has 1 aromatic heterocycles. The molecule has 1 atom stereocenters. The van der Waals surface area contributed by atoms with Gasteiger partial charge in [0.05, 0.1) is 29.1 Å². The first-order valence-electron chi connectivity index (χ1n) is 10.2. The molecule has 2 aromatic rings. The van der Waals surface area contributed by atoms with Crippen molar-refractivity contribution in [1.29, 1.82) is 0 Å². The molecule has 1 aromatic carbocycles. The summed E-state index contributed by atoms with van der Waals surface area (Å²) in [5.74, 6) is 0. The summed E-state index contributed by atoms with van der Waals surface area (Å²) in [7, 11) is -7.50. The highest BCUT2D eigenvalue weighted by Crippen LogP contribution is 2.25. The van der Waals surface area contributed by atoms with Gasteiger partial charge in [0.15, 0.2) is 0 Å². The van der Waals surface area contributed by atoms with E-state index in [0.717, 1.165) is 17.7 Å². The van der Waals surface area contributed by atoms with Crippen molar-refractivity contribution >= 4 is 31.4 Å². The summed E-state index contributed by atoms with van der Waals surface area (Å²) < 4.78 is 66.1. The van der Waals surface area contributed by atoms with Crippen molar-refractivity contribution in [2.45, 2.75) is 35.3 Å². The summed E-state index contributed by atoms with van der Waals surface area (Å²) in [4.78, 5) is 1.09. The minimum Gasteiger partial charge on any atom is -0.379 e. The van der Waals surface area contributed by atoms with Crippen LogP contribution < -0.4 is 0 Å². The Morgan fingerprint density at radius 3 is 2.32 bits per heavy atom. The van der Waals surface area contributed by atoms with Gasteiger partial charge in [0.2, 0.25) is 20.0 Å². The first-order valence-corrected chi connectivity index (χ1v) is 14.0. The topological polar surface area (TPSA) is 93.2 Å². The number of benzene rings is 1. The van der Waals surface area contributed by atoms with Gasteiger partial charge < -0.3 is 9.47 Å². The Labute approximate surface area is 187 Å². The van der Waals surface area contributed by atoms with E-state index in [4.69, 9.17) is 9.47 Å². The maximum atomic E-state index is 13.4. The van der Waals surface area contributed by atoms with Gasteiger partial charge in [-0.15, -0.1) is 11.3 Å². The number of hydrogen-bond donors (Lipinski definition) is 0. The van der Waals surface area contributed by atoms with E-state index < -0.39 is 20.0 Å². The summed E-state index contributed by atoms with van der Waals surface area (Å²) in [6, 6.07) is 9.28. The van der Waals surface area contributed by atoms with E-state index in [1.165, 1.54) is 44.2 Å². The van der Waals surface area contributed by atoms with Crippen LogP contribution in [0.25, 0.3) is 0 Å². The van der Waals surface area contributed by atoms with Crippen molar-refractivity contribution in [3.8, 4) is 0 Å². The zero-order valence-corrected chi connectivity index (χ0v) is 19.5. The molecular weight excluding hydrogens is 460 g/mol. The van der Waals surface area contributed by atoms with Gasteiger partial charge in [0, 0.05) is 37.7 Å². The zero-order valence-electron chi connectivity index (χ0n) is 17.1. The molecular formula is C20H26N2O6S3. The van der Waals surface area contributed by atoms with Crippen LogP contribution in [0.4, 0.5) is 0 Å². The summed E-state index contributed by atoms with van der Waals surface area (Å²) in [5, 5.41) is 1.91. The molecule has 2 fully saturated rings. The van der Waals surface area contributed by atoms with E-state index in [2.05, 4.69) is 0 Å². The van der Waals surface area contributed by atoms with E-state index in [1.54, 1.807) is 0 Å². The Bertz CT molecular complexity index is 1060. The van der Waals surface area contributed by atoms with Crippen molar-refractivity contribution in [3.63, 3.8) is 0 Å². The fraction of sp³-hybridized carbons (Fsp3) is 0.500. The molecule has 2 aliphatic rings. The van der Waals surface area contributed by atoms with Crippen LogP contribution >= 0.6 is 11.3 Å². The molecule has 0 saturated carbocycles. The van der Waals surface area contributed by atoms with Crippen molar-refractivity contribution < 1.29 is 26.3 Å². The first-order chi connectivity index (χ1) is 14.9. The van der Waals surface area contributed by atoms with Crippen molar-refractivity contribution in [2.24, 2.45) is 0 Å². The third kappa shape index (κ3) is 5.19. The maximum absolute atomic E-state index is 13.4. The molecule has 0 bridgehead atoms. The van der Waals surface area contributed by atoms with Crippen LogP contribution in [0.3, 0.4) is 0 Å². The van der Waals surface area contributed by atoms with Gasteiger partial charge in [-0.3, -0.25) is 0 Å².